The van der Waals surface area contributed by atoms with Crippen LogP contribution in [-0.2, 0) is 0 Å². The third kappa shape index (κ3) is 15.9. The van der Waals surface area contributed by atoms with E-state index in [1.807, 2.05) is 0 Å². The number of hydrogen-bond acceptors (Lipinski definition) is 4. The molecule has 384 valence electrons. The van der Waals surface area contributed by atoms with Crippen LogP contribution in [0, 0.1) is 13.1 Å². The van der Waals surface area contributed by atoms with Crippen molar-refractivity contribution in [2.24, 2.45) is 0 Å². The SMILES string of the molecule is [C-]#[N+]c1cc(N(CCCC)CCCC)ccc1N(c1ccc(N(CCCC)CCCC)cc1)c1ccc([N+](=C2C=CC(=[N+](CCCC)CCCC)C=C2)c2ccc(N(CCCC)CCCC)cc2[N+]#[C-])cc1. The Labute approximate surface area is 437 Å². The molecule has 0 N–H and O–H groups in total. The van der Waals surface area contributed by atoms with Gasteiger partial charge in [0.1, 0.15) is 13.1 Å². The van der Waals surface area contributed by atoms with Crippen LogP contribution in [-0.4, -0.2) is 68.4 Å². The van der Waals surface area contributed by atoms with Crippen molar-refractivity contribution in [3.05, 3.63) is 132 Å². The minimum atomic E-state index is 0.633. The van der Waals surface area contributed by atoms with E-state index in [2.05, 4.69) is 203 Å². The summed E-state index contributed by atoms with van der Waals surface area (Å²) in [5.41, 5.74) is 11.6. The standard InChI is InChI=1S/C64H90N8/c1-11-19-43-67(44-20-12-2)53-27-31-55(32-28-53)71(63-41-39-59(51-61(63)65-9)69(47-23-15-5)48-24-16-6)57-35-37-58(38-36-57)72(56-33-29-54(30-34-56)68(45-21-13-3)46-22-14-4)64-42-40-60(52-62(64)66-10)70(49-25-17-7)50-26-18-8/h27-42,51-52H,11-26,43-50H2,1-8H3/q+2. The molecule has 4 aromatic rings. The van der Waals surface area contributed by atoms with Gasteiger partial charge >= 0.3 is 0 Å². The second-order valence-corrected chi connectivity index (χ2v) is 19.6. The lowest BCUT2D eigenvalue weighted by molar-refractivity contribution is -0.527. The Balaban J connectivity index is 1.70. The molecular weight excluding hydrogens is 881 g/mol. The molecule has 0 atom stereocenters. The molecule has 0 unspecified atom stereocenters. The number of rotatable bonds is 32. The van der Waals surface area contributed by atoms with Gasteiger partial charge in [-0.25, -0.2) is 14.3 Å². The zero-order valence-corrected chi connectivity index (χ0v) is 45.9. The number of anilines is 6. The van der Waals surface area contributed by atoms with Crippen LogP contribution in [0.25, 0.3) is 9.69 Å². The van der Waals surface area contributed by atoms with Crippen LogP contribution in [0.1, 0.15) is 158 Å². The van der Waals surface area contributed by atoms with Crippen LogP contribution in [0.4, 0.5) is 56.9 Å². The van der Waals surface area contributed by atoms with Crippen LogP contribution in [0.15, 0.2) is 109 Å². The van der Waals surface area contributed by atoms with Crippen LogP contribution >= 0.6 is 0 Å². The lowest BCUT2D eigenvalue weighted by atomic mass is 10.1. The molecule has 0 saturated carbocycles. The van der Waals surface area contributed by atoms with E-state index in [1.54, 1.807) is 0 Å². The van der Waals surface area contributed by atoms with Gasteiger partial charge < -0.3 is 19.6 Å². The zero-order valence-electron chi connectivity index (χ0n) is 45.9. The Bertz CT molecular complexity index is 2410. The molecule has 0 aromatic heterocycles. The molecule has 0 aliphatic heterocycles. The van der Waals surface area contributed by atoms with Gasteiger partial charge in [0.25, 0.3) is 5.69 Å². The molecule has 0 bridgehead atoms. The van der Waals surface area contributed by atoms with Gasteiger partial charge in [-0.3, -0.25) is 0 Å². The minimum absolute atomic E-state index is 0.633. The predicted molar refractivity (Wildman–Crippen MR) is 316 cm³/mol. The highest BCUT2D eigenvalue weighted by atomic mass is 15.2. The summed E-state index contributed by atoms with van der Waals surface area (Å²) in [5.74, 6) is 0. The second kappa shape index (κ2) is 31.4. The lowest BCUT2D eigenvalue weighted by Crippen LogP contribution is -2.26. The number of benzene rings is 4. The highest BCUT2D eigenvalue weighted by molar-refractivity contribution is 6.18. The Morgan fingerprint density at radius 1 is 0.389 bits per heavy atom. The number of allylic oxidation sites excluding steroid dienone is 4. The van der Waals surface area contributed by atoms with E-state index in [0.717, 1.165) is 201 Å². The van der Waals surface area contributed by atoms with Crippen molar-refractivity contribution in [3.63, 3.8) is 0 Å². The molecule has 5 rings (SSSR count). The summed E-state index contributed by atoms with van der Waals surface area (Å²) in [5, 5.41) is 0. The summed E-state index contributed by atoms with van der Waals surface area (Å²) >= 11 is 0. The average molecular weight is 971 g/mol. The molecule has 0 fully saturated rings. The molecule has 0 radical (unpaired) electrons. The van der Waals surface area contributed by atoms with Crippen molar-refractivity contribution in [2.45, 2.75) is 158 Å². The van der Waals surface area contributed by atoms with E-state index in [9.17, 15) is 0 Å². The first-order chi connectivity index (χ1) is 35.3. The third-order valence-corrected chi connectivity index (χ3v) is 13.9. The Kier molecular flexibility index (Phi) is 24.7. The fourth-order valence-electron chi connectivity index (χ4n) is 9.48. The predicted octanol–water partition coefficient (Wildman–Crippen LogP) is 17.9. The highest BCUT2D eigenvalue weighted by Crippen LogP contribution is 2.44. The summed E-state index contributed by atoms with van der Waals surface area (Å²) in [4.78, 5) is 18.2. The summed E-state index contributed by atoms with van der Waals surface area (Å²) in [7, 11) is 0. The quantitative estimate of drug-likeness (QED) is 0.0277. The topological polar surface area (TPSA) is 27.7 Å². The maximum absolute atomic E-state index is 8.61. The van der Waals surface area contributed by atoms with Gasteiger partial charge in [-0.15, -0.1) is 0 Å². The van der Waals surface area contributed by atoms with Crippen molar-refractivity contribution >= 4 is 68.3 Å². The maximum Gasteiger partial charge on any atom is 0.259 e. The molecule has 0 saturated heterocycles. The molecular formula is C64H90N8+2. The molecule has 0 heterocycles. The molecule has 8 heteroatoms. The Hall–Kier alpha value is -6.12. The van der Waals surface area contributed by atoms with Crippen LogP contribution in [0.3, 0.4) is 0 Å². The molecule has 8 nitrogen and oxygen atoms in total. The first kappa shape index (κ1) is 56.8. The van der Waals surface area contributed by atoms with E-state index in [0.29, 0.717) is 11.4 Å². The van der Waals surface area contributed by atoms with E-state index in [1.165, 1.54) is 11.4 Å². The summed E-state index contributed by atoms with van der Waals surface area (Å²) < 4.78 is 4.79. The summed E-state index contributed by atoms with van der Waals surface area (Å²) in [6.07, 6.45) is 27.3. The van der Waals surface area contributed by atoms with Gasteiger partial charge in [-0.2, -0.15) is 4.58 Å². The van der Waals surface area contributed by atoms with Gasteiger partial charge in [0.05, 0.1) is 18.8 Å². The first-order valence-corrected chi connectivity index (χ1v) is 28.3. The van der Waals surface area contributed by atoms with Crippen molar-refractivity contribution in [1.82, 2.24) is 4.58 Å². The second-order valence-electron chi connectivity index (χ2n) is 19.6. The number of unbranched alkanes of at least 4 members (excludes halogenated alkanes) is 8. The van der Waals surface area contributed by atoms with E-state index < -0.39 is 0 Å². The molecule has 0 spiro atoms. The molecule has 72 heavy (non-hydrogen) atoms. The van der Waals surface area contributed by atoms with Gasteiger partial charge in [0, 0.05) is 123 Å². The monoisotopic (exact) mass is 971 g/mol. The maximum atomic E-state index is 8.61. The summed E-state index contributed by atoms with van der Waals surface area (Å²) in [6.45, 7) is 43.3. The average Bonchev–Trinajstić information content (AvgIpc) is 3.42. The van der Waals surface area contributed by atoms with Crippen molar-refractivity contribution in [1.29, 1.82) is 0 Å². The van der Waals surface area contributed by atoms with Gasteiger partial charge in [-0.1, -0.05) is 107 Å². The van der Waals surface area contributed by atoms with Crippen molar-refractivity contribution in [3.8, 4) is 0 Å². The van der Waals surface area contributed by atoms with E-state index in [-0.39, 0.29) is 0 Å². The summed E-state index contributed by atoms with van der Waals surface area (Å²) in [6, 6.07) is 30.8. The fourth-order valence-corrected chi connectivity index (χ4v) is 9.48. The van der Waals surface area contributed by atoms with Crippen LogP contribution in [0.2, 0.25) is 0 Å². The van der Waals surface area contributed by atoms with Crippen molar-refractivity contribution < 1.29 is 4.58 Å². The number of nitrogens with zero attached hydrogens (tertiary/aromatic N) is 8. The van der Waals surface area contributed by atoms with E-state index in [4.69, 9.17) is 13.1 Å². The third-order valence-electron chi connectivity index (χ3n) is 13.9. The molecule has 1 aliphatic rings. The van der Waals surface area contributed by atoms with Gasteiger partial charge in [0.2, 0.25) is 22.8 Å². The van der Waals surface area contributed by atoms with Gasteiger partial charge in [0.15, 0.2) is 5.71 Å². The fraction of sp³-hybridized carbons (Fsp3) is 0.500. The largest absolute Gasteiger partial charge is 0.373 e. The highest BCUT2D eigenvalue weighted by Gasteiger charge is 2.27. The van der Waals surface area contributed by atoms with Crippen LogP contribution in [0.5, 0.6) is 0 Å². The van der Waals surface area contributed by atoms with Crippen LogP contribution < -0.4 is 24.2 Å². The molecule has 1 aliphatic carbocycles. The zero-order chi connectivity index (χ0) is 51.5. The molecule has 4 aromatic carbocycles. The normalized spacial score (nSPS) is 11.9. The minimum Gasteiger partial charge on any atom is -0.373 e. The Morgan fingerprint density at radius 2 is 0.750 bits per heavy atom. The first-order valence-electron chi connectivity index (χ1n) is 28.3. The molecule has 0 amide bonds. The van der Waals surface area contributed by atoms with Gasteiger partial charge in [-0.05, 0) is 105 Å². The lowest BCUT2D eigenvalue weighted by Gasteiger charge is -2.30. The Morgan fingerprint density at radius 3 is 1.18 bits per heavy atom. The van der Waals surface area contributed by atoms with E-state index >= 15 is 0 Å². The van der Waals surface area contributed by atoms with Crippen molar-refractivity contribution in [2.75, 3.05) is 72.0 Å². The number of hydrogen-bond donors (Lipinski definition) is 0. The smallest absolute Gasteiger partial charge is 0.259 e.